The lowest BCUT2D eigenvalue weighted by Crippen LogP contribution is -2.48. The minimum absolute atomic E-state index is 0.0393. The van der Waals surface area contributed by atoms with Crippen LogP contribution in [0.5, 0.6) is 11.5 Å². The van der Waals surface area contributed by atoms with E-state index in [9.17, 15) is 19.5 Å². The van der Waals surface area contributed by atoms with E-state index in [1.165, 1.54) is 18.9 Å². The maximum atomic E-state index is 12.5. The lowest BCUT2D eigenvalue weighted by atomic mass is 9.99. The third-order valence-corrected chi connectivity index (χ3v) is 13.2. The van der Waals surface area contributed by atoms with Gasteiger partial charge in [-0.2, -0.15) is 16.7 Å². The lowest BCUT2D eigenvalue weighted by molar-refractivity contribution is -0.128. The summed E-state index contributed by atoms with van der Waals surface area (Å²) in [6.07, 6.45) is 0. The van der Waals surface area contributed by atoms with Crippen LogP contribution in [0.3, 0.4) is 0 Å². The van der Waals surface area contributed by atoms with Gasteiger partial charge in [-0.3, -0.25) is 9.59 Å². The van der Waals surface area contributed by atoms with Crippen LogP contribution in [0.15, 0.2) is 10.6 Å². The number of hydrogen-bond donors (Lipinski definition) is 4. The second-order valence-corrected chi connectivity index (χ2v) is 16.7. The second kappa shape index (κ2) is 14.4. The van der Waals surface area contributed by atoms with Crippen molar-refractivity contribution in [2.24, 2.45) is 5.92 Å². The number of aromatic nitrogens is 2. The first-order valence-corrected chi connectivity index (χ1v) is 17.4. The SMILES string of the molecule is COc1cc(O[Si](C)(C)C(C)(C)C(C)C)c(CSC[C@H](NC(=O)CNC(=O)CO)c2nc(C)no2)c(C(=O)O)c1Cl. The Morgan fingerprint density at radius 2 is 1.88 bits per heavy atom. The smallest absolute Gasteiger partial charge is 0.337 e. The number of carboxylic acids is 1. The number of nitrogens with one attached hydrogen (secondary N) is 2. The normalized spacial score (nSPS) is 12.7. The molecule has 0 aliphatic heterocycles. The van der Waals surface area contributed by atoms with Crippen molar-refractivity contribution in [1.29, 1.82) is 0 Å². The highest BCUT2D eigenvalue weighted by Gasteiger charge is 2.45. The number of amides is 2. The number of benzene rings is 1. The van der Waals surface area contributed by atoms with Crippen LogP contribution in [0.4, 0.5) is 0 Å². The number of carbonyl (C=O) groups excluding carboxylic acids is 2. The van der Waals surface area contributed by atoms with Gasteiger partial charge >= 0.3 is 5.97 Å². The number of hydrogen-bond acceptors (Lipinski definition) is 10. The van der Waals surface area contributed by atoms with Crippen LogP contribution in [0.25, 0.3) is 0 Å². The van der Waals surface area contributed by atoms with Crippen LogP contribution >= 0.6 is 23.4 Å². The number of ether oxygens (including phenoxy) is 1. The van der Waals surface area contributed by atoms with Gasteiger partial charge < -0.3 is 34.5 Å². The van der Waals surface area contributed by atoms with Crippen LogP contribution in [-0.2, 0) is 15.3 Å². The molecule has 228 valence electrons. The Labute approximate surface area is 250 Å². The molecule has 41 heavy (non-hydrogen) atoms. The van der Waals surface area contributed by atoms with E-state index in [1.54, 1.807) is 13.0 Å². The van der Waals surface area contributed by atoms with E-state index in [4.69, 9.17) is 30.4 Å². The van der Waals surface area contributed by atoms with Gasteiger partial charge in [0.05, 0.1) is 24.2 Å². The summed E-state index contributed by atoms with van der Waals surface area (Å²) in [7, 11) is -1.06. The fourth-order valence-electron chi connectivity index (χ4n) is 3.74. The molecule has 0 saturated heterocycles. The predicted molar refractivity (Wildman–Crippen MR) is 158 cm³/mol. The molecule has 2 amide bonds. The molecule has 0 aliphatic rings. The number of halogens is 1. The lowest BCUT2D eigenvalue weighted by Gasteiger charge is -2.43. The fraction of sp³-hybridized carbons (Fsp3) is 0.577. The molecule has 0 unspecified atom stereocenters. The zero-order valence-electron chi connectivity index (χ0n) is 24.6. The van der Waals surface area contributed by atoms with E-state index >= 15 is 0 Å². The Bertz CT molecular complexity index is 1250. The zero-order chi connectivity index (χ0) is 31.1. The Morgan fingerprint density at radius 1 is 1.22 bits per heavy atom. The summed E-state index contributed by atoms with van der Waals surface area (Å²) in [6, 6.07) is 0.872. The van der Waals surface area contributed by atoms with Crippen molar-refractivity contribution in [3.8, 4) is 11.5 Å². The van der Waals surface area contributed by atoms with Gasteiger partial charge in [0.2, 0.25) is 17.7 Å². The van der Waals surface area contributed by atoms with E-state index in [0.717, 1.165) is 0 Å². The molecular weight excluding hydrogens is 592 g/mol. The highest BCUT2D eigenvalue weighted by molar-refractivity contribution is 7.98. The third kappa shape index (κ3) is 8.60. The van der Waals surface area contributed by atoms with Gasteiger partial charge in [0.15, 0.2) is 5.82 Å². The summed E-state index contributed by atoms with van der Waals surface area (Å²) in [5.74, 6) is -0.713. The number of carbonyl (C=O) groups is 3. The number of aromatic carboxylic acids is 1. The van der Waals surface area contributed by atoms with Crippen molar-refractivity contribution in [3.05, 3.63) is 33.9 Å². The third-order valence-electron chi connectivity index (χ3n) is 7.39. The molecule has 0 saturated carbocycles. The molecule has 0 fully saturated rings. The molecular formula is C26H39ClN4O8SSi. The van der Waals surface area contributed by atoms with E-state index in [2.05, 4.69) is 61.6 Å². The first kappa shape index (κ1) is 34.4. The highest BCUT2D eigenvalue weighted by Crippen LogP contribution is 2.47. The highest BCUT2D eigenvalue weighted by atomic mass is 35.5. The number of methoxy groups -OCH3 is 1. The quantitative estimate of drug-likeness (QED) is 0.210. The Hall–Kier alpha value is -2.81. The number of nitrogens with zero attached hydrogens (tertiary/aromatic N) is 2. The zero-order valence-corrected chi connectivity index (χ0v) is 27.2. The van der Waals surface area contributed by atoms with E-state index in [1.807, 2.05) is 0 Å². The van der Waals surface area contributed by atoms with Gasteiger partial charge in [-0.15, -0.1) is 0 Å². The molecule has 1 atom stereocenters. The van der Waals surface area contributed by atoms with Crippen molar-refractivity contribution in [2.45, 2.75) is 64.5 Å². The number of aliphatic hydroxyl groups is 1. The number of carboxylic acid groups (broad SMARTS) is 1. The average Bonchev–Trinajstić information content (AvgIpc) is 3.33. The minimum Gasteiger partial charge on any atom is -0.543 e. The molecule has 0 radical (unpaired) electrons. The molecule has 0 aliphatic carbocycles. The first-order chi connectivity index (χ1) is 19.0. The Kier molecular flexibility index (Phi) is 12.1. The molecule has 2 rings (SSSR count). The van der Waals surface area contributed by atoms with Gasteiger partial charge in [0.1, 0.15) is 24.1 Å². The summed E-state index contributed by atoms with van der Waals surface area (Å²) in [5, 5.41) is 27.6. The van der Waals surface area contributed by atoms with Gasteiger partial charge in [-0.05, 0) is 31.0 Å². The molecule has 0 spiro atoms. The summed E-state index contributed by atoms with van der Waals surface area (Å²) in [5.41, 5.74) is 0.261. The van der Waals surface area contributed by atoms with Crippen molar-refractivity contribution in [3.63, 3.8) is 0 Å². The summed E-state index contributed by atoms with van der Waals surface area (Å²) in [4.78, 5) is 40.4. The summed E-state index contributed by atoms with van der Waals surface area (Å²) < 4.78 is 17.3. The van der Waals surface area contributed by atoms with Gasteiger partial charge in [-0.1, -0.05) is 44.5 Å². The average molecular weight is 631 g/mol. The maximum Gasteiger partial charge on any atom is 0.337 e. The van der Waals surface area contributed by atoms with Crippen LogP contribution in [0, 0.1) is 12.8 Å². The minimum atomic E-state index is -2.47. The van der Waals surface area contributed by atoms with E-state index in [0.29, 0.717) is 23.1 Å². The van der Waals surface area contributed by atoms with Crippen molar-refractivity contribution >= 4 is 49.5 Å². The van der Waals surface area contributed by atoms with Gasteiger partial charge in [0, 0.05) is 23.1 Å². The standard InChI is InChI=1S/C26H39ClN4O8SSi/c1-14(2)26(4,5)41(7,8)39-18-9-19(37-6)23(27)22(25(35)36)16(18)12-40-13-17(24-29-15(3)31-38-24)30-20(33)10-28-21(34)11-32/h9,14,17,32H,10-13H2,1-8H3,(H,28,34)(H,30,33)(H,35,36)/t17-/m0/s1. The molecule has 1 aromatic carbocycles. The van der Waals surface area contributed by atoms with E-state index < -0.39 is 38.7 Å². The Morgan fingerprint density at radius 3 is 2.39 bits per heavy atom. The van der Waals surface area contributed by atoms with Crippen molar-refractivity contribution < 1.29 is 38.3 Å². The number of aryl methyl sites for hydroxylation is 1. The molecule has 15 heteroatoms. The van der Waals surface area contributed by atoms with Crippen LogP contribution in [-0.4, -0.2) is 72.5 Å². The van der Waals surface area contributed by atoms with Gasteiger partial charge in [0.25, 0.3) is 8.32 Å². The molecule has 1 aromatic heterocycles. The fourth-order valence-corrected chi connectivity index (χ4v) is 7.53. The summed E-state index contributed by atoms with van der Waals surface area (Å²) in [6.45, 7) is 13.2. The van der Waals surface area contributed by atoms with Crippen LogP contribution in [0.1, 0.15) is 61.4 Å². The topological polar surface area (TPSA) is 173 Å². The molecule has 12 nitrogen and oxygen atoms in total. The summed E-state index contributed by atoms with van der Waals surface area (Å²) >= 11 is 7.77. The molecule has 0 bridgehead atoms. The van der Waals surface area contributed by atoms with Crippen LogP contribution in [0.2, 0.25) is 23.2 Å². The molecule has 1 heterocycles. The first-order valence-electron chi connectivity index (χ1n) is 12.9. The maximum absolute atomic E-state index is 12.5. The second-order valence-electron chi connectivity index (χ2n) is 10.8. The number of rotatable bonds is 15. The molecule has 2 aromatic rings. The van der Waals surface area contributed by atoms with Crippen molar-refractivity contribution in [1.82, 2.24) is 20.8 Å². The van der Waals surface area contributed by atoms with Gasteiger partial charge in [-0.25, -0.2) is 4.79 Å². The van der Waals surface area contributed by atoms with Crippen molar-refractivity contribution in [2.75, 3.05) is 26.0 Å². The number of thioether (sulfide) groups is 1. The largest absolute Gasteiger partial charge is 0.543 e. The van der Waals surface area contributed by atoms with E-state index in [-0.39, 0.29) is 45.3 Å². The Balaban J connectivity index is 2.41. The number of aliphatic hydroxyl groups excluding tert-OH is 1. The van der Waals surface area contributed by atoms with Crippen LogP contribution < -0.4 is 19.8 Å². The monoisotopic (exact) mass is 630 g/mol. The predicted octanol–water partition coefficient (Wildman–Crippen LogP) is 3.96. The molecule has 4 N–H and O–H groups in total.